The molecule has 3 aromatic rings. The molecule has 0 radical (unpaired) electrons. The van der Waals surface area contributed by atoms with E-state index in [0.29, 0.717) is 6.54 Å². The number of anilines is 1. The van der Waals surface area contributed by atoms with Gasteiger partial charge in [0, 0.05) is 12.2 Å². The summed E-state index contributed by atoms with van der Waals surface area (Å²) in [7, 11) is 0. The van der Waals surface area contributed by atoms with E-state index in [1.165, 1.54) is 0 Å². The summed E-state index contributed by atoms with van der Waals surface area (Å²) in [6.07, 6.45) is 0.878. The molecule has 4 nitrogen and oxygen atoms in total. The van der Waals surface area contributed by atoms with Crippen molar-refractivity contribution in [3.8, 4) is 0 Å². The monoisotopic (exact) mass is 373 g/mol. The molecule has 0 aromatic heterocycles. The lowest BCUT2D eigenvalue weighted by Crippen LogP contribution is -2.36. The van der Waals surface area contributed by atoms with Gasteiger partial charge >= 0.3 is 5.97 Å². The highest BCUT2D eigenvalue weighted by Gasteiger charge is 2.17. The first kappa shape index (κ1) is 19.4. The first-order valence-corrected chi connectivity index (χ1v) is 9.31. The van der Waals surface area contributed by atoms with E-state index in [4.69, 9.17) is 4.74 Å². The number of nitrogens with zero attached hydrogens (tertiary/aromatic N) is 1. The number of hydrogen-bond donors (Lipinski definition) is 0. The first-order chi connectivity index (χ1) is 13.7. The third-order valence-electron chi connectivity index (χ3n) is 4.38. The number of carbonyl (C=O) groups excluding carboxylic acids is 2. The van der Waals surface area contributed by atoms with Crippen LogP contribution in [0.25, 0.3) is 0 Å². The number of ether oxygens (including phenoxy) is 1. The zero-order valence-electron chi connectivity index (χ0n) is 15.7. The Labute approximate surface area is 165 Å². The number of amides is 1. The lowest BCUT2D eigenvalue weighted by atomic mass is 10.1. The number of para-hydroxylation sites is 1. The normalized spacial score (nSPS) is 10.3. The average Bonchev–Trinajstić information content (AvgIpc) is 2.75. The second-order valence-electron chi connectivity index (χ2n) is 6.44. The Morgan fingerprint density at radius 1 is 0.714 bits per heavy atom. The van der Waals surface area contributed by atoms with Crippen molar-refractivity contribution in [3.05, 3.63) is 102 Å². The van der Waals surface area contributed by atoms with Crippen molar-refractivity contribution in [1.82, 2.24) is 0 Å². The van der Waals surface area contributed by atoms with E-state index in [-0.39, 0.29) is 18.9 Å². The Morgan fingerprint density at radius 3 is 1.86 bits per heavy atom. The molecule has 0 heterocycles. The topological polar surface area (TPSA) is 46.6 Å². The van der Waals surface area contributed by atoms with Crippen LogP contribution >= 0.6 is 0 Å². The van der Waals surface area contributed by atoms with Gasteiger partial charge in [0.25, 0.3) is 5.91 Å². The lowest BCUT2D eigenvalue weighted by molar-refractivity contribution is -0.147. The molecule has 0 aliphatic heterocycles. The molecular formula is C24H23NO3. The van der Waals surface area contributed by atoms with Crippen molar-refractivity contribution < 1.29 is 14.3 Å². The fourth-order valence-electron chi connectivity index (χ4n) is 2.93. The Balaban J connectivity index is 1.60. The zero-order valence-corrected chi connectivity index (χ0v) is 15.7. The van der Waals surface area contributed by atoms with Gasteiger partial charge in [-0.3, -0.25) is 9.59 Å². The van der Waals surface area contributed by atoms with Crippen molar-refractivity contribution in [2.45, 2.75) is 12.8 Å². The van der Waals surface area contributed by atoms with Gasteiger partial charge in [0.15, 0.2) is 6.61 Å². The highest BCUT2D eigenvalue weighted by molar-refractivity contribution is 5.95. The third-order valence-corrected chi connectivity index (χ3v) is 4.38. The van der Waals surface area contributed by atoms with E-state index in [0.717, 1.165) is 23.2 Å². The molecule has 0 aliphatic rings. The van der Waals surface area contributed by atoms with Crippen molar-refractivity contribution in [2.75, 3.05) is 18.1 Å². The smallest absolute Gasteiger partial charge is 0.310 e. The predicted octanol–water partition coefficient (Wildman–Crippen LogP) is 4.05. The molecule has 0 fully saturated rings. The van der Waals surface area contributed by atoms with Crippen molar-refractivity contribution >= 4 is 17.6 Å². The second-order valence-corrected chi connectivity index (χ2v) is 6.44. The summed E-state index contributed by atoms with van der Waals surface area (Å²) in [4.78, 5) is 26.5. The third kappa shape index (κ3) is 5.81. The summed E-state index contributed by atoms with van der Waals surface area (Å²) in [5.74, 6) is -0.640. The number of carbonyl (C=O) groups is 2. The maximum absolute atomic E-state index is 12.8. The molecule has 0 bridgehead atoms. The van der Waals surface area contributed by atoms with E-state index in [1.54, 1.807) is 4.90 Å². The van der Waals surface area contributed by atoms with Crippen LogP contribution < -0.4 is 4.90 Å². The van der Waals surface area contributed by atoms with Gasteiger partial charge in [0.2, 0.25) is 0 Å². The quantitative estimate of drug-likeness (QED) is 0.560. The van der Waals surface area contributed by atoms with Crippen LogP contribution in [0.15, 0.2) is 91.0 Å². The minimum absolute atomic E-state index is 0.156. The second kappa shape index (κ2) is 10.1. The Kier molecular flexibility index (Phi) is 6.96. The van der Waals surface area contributed by atoms with Crippen LogP contribution in [-0.2, 0) is 27.2 Å². The highest BCUT2D eigenvalue weighted by atomic mass is 16.5. The molecule has 0 N–H and O–H groups in total. The molecule has 1 amide bonds. The van der Waals surface area contributed by atoms with Gasteiger partial charge in [-0.2, -0.15) is 0 Å². The van der Waals surface area contributed by atoms with Crippen LogP contribution in [0, 0.1) is 0 Å². The van der Waals surface area contributed by atoms with E-state index < -0.39 is 5.97 Å². The number of hydrogen-bond acceptors (Lipinski definition) is 3. The molecule has 0 saturated heterocycles. The van der Waals surface area contributed by atoms with Gasteiger partial charge < -0.3 is 9.64 Å². The van der Waals surface area contributed by atoms with Crippen LogP contribution in [0.3, 0.4) is 0 Å². The number of benzene rings is 3. The maximum atomic E-state index is 12.8. The average molecular weight is 373 g/mol. The minimum atomic E-state index is -0.407. The summed E-state index contributed by atoms with van der Waals surface area (Å²) in [5, 5.41) is 0. The van der Waals surface area contributed by atoms with Gasteiger partial charge in [-0.05, 0) is 29.7 Å². The molecule has 142 valence electrons. The Morgan fingerprint density at radius 2 is 1.25 bits per heavy atom. The van der Waals surface area contributed by atoms with Gasteiger partial charge in [-0.25, -0.2) is 0 Å². The number of rotatable bonds is 8. The van der Waals surface area contributed by atoms with Gasteiger partial charge in [0.1, 0.15) is 0 Å². The molecule has 3 aromatic carbocycles. The largest absolute Gasteiger partial charge is 0.455 e. The molecule has 28 heavy (non-hydrogen) atoms. The predicted molar refractivity (Wildman–Crippen MR) is 110 cm³/mol. The Hall–Kier alpha value is -3.40. The van der Waals surface area contributed by atoms with E-state index >= 15 is 0 Å². The minimum Gasteiger partial charge on any atom is -0.455 e. The summed E-state index contributed by atoms with van der Waals surface area (Å²) in [6, 6.07) is 28.8. The molecule has 4 heteroatoms. The molecular weight excluding hydrogens is 350 g/mol. The first-order valence-electron chi connectivity index (χ1n) is 9.31. The lowest BCUT2D eigenvalue weighted by Gasteiger charge is -2.23. The summed E-state index contributed by atoms with van der Waals surface area (Å²) >= 11 is 0. The fourth-order valence-corrected chi connectivity index (χ4v) is 2.93. The van der Waals surface area contributed by atoms with Crippen LogP contribution in [0.5, 0.6) is 0 Å². The Bertz CT molecular complexity index is 879. The van der Waals surface area contributed by atoms with Crippen molar-refractivity contribution in [1.29, 1.82) is 0 Å². The van der Waals surface area contributed by atoms with Crippen molar-refractivity contribution in [2.24, 2.45) is 0 Å². The summed E-state index contributed by atoms with van der Waals surface area (Å²) < 4.78 is 5.23. The molecule has 0 atom stereocenters. The van der Waals surface area contributed by atoms with E-state index in [9.17, 15) is 9.59 Å². The van der Waals surface area contributed by atoms with Crippen LogP contribution in [0.2, 0.25) is 0 Å². The van der Waals surface area contributed by atoms with E-state index in [2.05, 4.69) is 0 Å². The van der Waals surface area contributed by atoms with Gasteiger partial charge in [-0.15, -0.1) is 0 Å². The molecule has 0 aliphatic carbocycles. The summed E-state index contributed by atoms with van der Waals surface area (Å²) in [5.41, 5.74) is 2.81. The highest BCUT2D eigenvalue weighted by Crippen LogP contribution is 2.15. The standard InChI is InChI=1S/C24H23NO3/c26-23(19-28-24(27)18-21-12-6-2-7-13-21)25(22-14-8-3-9-15-22)17-16-20-10-4-1-5-11-20/h1-15H,16-19H2. The maximum Gasteiger partial charge on any atom is 0.310 e. The molecule has 0 unspecified atom stereocenters. The fraction of sp³-hybridized carbons (Fsp3) is 0.167. The van der Waals surface area contributed by atoms with Crippen LogP contribution in [0.1, 0.15) is 11.1 Å². The van der Waals surface area contributed by atoms with Crippen molar-refractivity contribution in [3.63, 3.8) is 0 Å². The summed E-state index contributed by atoms with van der Waals surface area (Å²) in [6.45, 7) is 0.248. The van der Waals surface area contributed by atoms with Gasteiger partial charge in [0.05, 0.1) is 6.42 Å². The van der Waals surface area contributed by atoms with Gasteiger partial charge in [-0.1, -0.05) is 78.9 Å². The molecule has 3 rings (SSSR count). The SMILES string of the molecule is O=C(Cc1ccccc1)OCC(=O)N(CCc1ccccc1)c1ccccc1. The van der Waals surface area contributed by atoms with E-state index in [1.807, 2.05) is 91.0 Å². The number of esters is 1. The van der Waals surface area contributed by atoms with Crippen LogP contribution in [-0.4, -0.2) is 25.0 Å². The molecule has 0 saturated carbocycles. The zero-order chi connectivity index (χ0) is 19.6. The molecule has 0 spiro atoms. The van der Waals surface area contributed by atoms with Crippen LogP contribution in [0.4, 0.5) is 5.69 Å².